The molecule has 0 radical (unpaired) electrons. The second kappa shape index (κ2) is 11.7. The summed E-state index contributed by atoms with van der Waals surface area (Å²) < 4.78 is 5.08. The molecule has 3 nitrogen and oxygen atoms in total. The van der Waals surface area contributed by atoms with Crippen molar-refractivity contribution in [3.05, 3.63) is 132 Å². The topological polar surface area (TPSA) is 42.0 Å². The molecule has 0 aliphatic heterocycles. The molecule has 5 aromatic rings. The van der Waals surface area contributed by atoms with E-state index in [0.29, 0.717) is 10.7 Å². The molecule has 5 rings (SSSR count). The van der Waals surface area contributed by atoms with Crippen LogP contribution in [0.25, 0.3) is 11.1 Å². The Morgan fingerprint density at radius 2 is 1.31 bits per heavy atom. The number of nitrogens with zero attached hydrogens (tertiary/aromatic N) is 1. The van der Waals surface area contributed by atoms with Crippen molar-refractivity contribution < 1.29 is 4.79 Å². The van der Waals surface area contributed by atoms with Gasteiger partial charge in [-0.25, -0.2) is 0 Å². The first-order valence-electron chi connectivity index (χ1n) is 11.3. The number of hydrogen-bond acceptors (Lipinski definition) is 2. The van der Waals surface area contributed by atoms with Crippen LogP contribution >= 0.6 is 11.6 Å². The third-order valence-electron chi connectivity index (χ3n) is 5.33. The molecule has 1 amide bonds. The van der Waals surface area contributed by atoms with E-state index in [-0.39, 0.29) is 35.8 Å². The van der Waals surface area contributed by atoms with Gasteiger partial charge in [-0.05, 0) is 0 Å². The number of hydrogen-bond donors (Lipinski definition) is 1. The molecule has 0 saturated heterocycles. The van der Waals surface area contributed by atoms with Gasteiger partial charge < -0.3 is 0 Å². The second-order valence-corrected chi connectivity index (χ2v) is 12.9. The third-order valence-corrected chi connectivity index (χ3v) is 10.0. The number of rotatable bonds is 7. The van der Waals surface area contributed by atoms with Crippen molar-refractivity contribution in [1.82, 2.24) is 4.98 Å². The standard InChI is InChI=1S/C30H21ClN2OSe2/c31-21-17-18-25(33-30(34)26-14-7-8-19-32-26)24(20-21)29-27(35-22-10-3-1-4-11-22)15-9-16-28(29)36-23-12-5-2-6-13-23/h1-20H,(H,33,34). The number of amides is 1. The van der Waals surface area contributed by atoms with Crippen molar-refractivity contribution in [3.8, 4) is 11.1 Å². The maximum absolute atomic E-state index is 13.0. The molecule has 0 bridgehead atoms. The van der Waals surface area contributed by atoms with Crippen molar-refractivity contribution in [3.63, 3.8) is 0 Å². The number of halogens is 1. The monoisotopic (exact) mass is 620 g/mol. The van der Waals surface area contributed by atoms with E-state index < -0.39 is 0 Å². The van der Waals surface area contributed by atoms with Gasteiger partial charge in [0, 0.05) is 0 Å². The fourth-order valence-corrected chi connectivity index (χ4v) is 8.46. The molecule has 176 valence electrons. The average Bonchev–Trinajstić information content (AvgIpc) is 2.92. The number of nitrogens with one attached hydrogen (secondary N) is 1. The van der Waals surface area contributed by atoms with Crippen molar-refractivity contribution in [2.24, 2.45) is 0 Å². The van der Waals surface area contributed by atoms with Crippen molar-refractivity contribution in [1.29, 1.82) is 0 Å². The zero-order valence-corrected chi connectivity index (χ0v) is 23.3. The molecule has 6 heteroatoms. The summed E-state index contributed by atoms with van der Waals surface area (Å²) >= 11 is 6.68. The Morgan fingerprint density at radius 1 is 0.694 bits per heavy atom. The van der Waals surface area contributed by atoms with Crippen LogP contribution < -0.4 is 23.2 Å². The predicted octanol–water partition coefficient (Wildman–Crippen LogP) is 3.96. The Labute approximate surface area is 228 Å². The molecular formula is C30H21ClN2OSe2. The van der Waals surface area contributed by atoms with Gasteiger partial charge in [0.15, 0.2) is 0 Å². The minimum absolute atomic E-state index is 0.0734. The fraction of sp³-hybridized carbons (Fsp3) is 0. The Kier molecular flexibility index (Phi) is 7.98. The predicted molar refractivity (Wildman–Crippen MR) is 152 cm³/mol. The number of aromatic nitrogens is 1. The van der Waals surface area contributed by atoms with Crippen LogP contribution in [0.1, 0.15) is 10.5 Å². The van der Waals surface area contributed by atoms with Gasteiger partial charge in [-0.3, -0.25) is 0 Å². The number of carbonyl (C=O) groups is 1. The van der Waals surface area contributed by atoms with E-state index in [4.69, 9.17) is 11.6 Å². The zero-order chi connectivity index (χ0) is 24.7. The van der Waals surface area contributed by atoms with E-state index in [1.165, 1.54) is 17.8 Å². The first-order valence-corrected chi connectivity index (χ1v) is 15.1. The zero-order valence-electron chi connectivity index (χ0n) is 19.1. The van der Waals surface area contributed by atoms with Gasteiger partial charge in [0.2, 0.25) is 0 Å². The normalized spacial score (nSPS) is 10.7. The molecule has 1 heterocycles. The molecule has 0 unspecified atom stereocenters. The van der Waals surface area contributed by atoms with Gasteiger partial charge in [-0.2, -0.15) is 0 Å². The summed E-state index contributed by atoms with van der Waals surface area (Å²) in [4.78, 5) is 17.2. The van der Waals surface area contributed by atoms with Crippen molar-refractivity contribution >= 4 is 71.0 Å². The Bertz CT molecular complexity index is 1420. The van der Waals surface area contributed by atoms with Crippen molar-refractivity contribution in [2.45, 2.75) is 0 Å². The van der Waals surface area contributed by atoms with Gasteiger partial charge in [0.25, 0.3) is 0 Å². The fourth-order valence-electron chi connectivity index (χ4n) is 3.69. The van der Waals surface area contributed by atoms with Crippen LogP contribution in [-0.2, 0) is 0 Å². The number of anilines is 1. The number of benzene rings is 4. The van der Waals surface area contributed by atoms with E-state index in [9.17, 15) is 4.79 Å². The van der Waals surface area contributed by atoms with E-state index in [1.54, 1.807) is 18.3 Å². The third kappa shape index (κ3) is 5.96. The molecule has 1 N–H and O–H groups in total. The number of pyridine rings is 1. The molecular weight excluding hydrogens is 598 g/mol. The summed E-state index contributed by atoms with van der Waals surface area (Å²) in [6.07, 6.45) is 1.62. The quantitative estimate of drug-likeness (QED) is 0.281. The van der Waals surface area contributed by atoms with Gasteiger partial charge >= 0.3 is 229 Å². The van der Waals surface area contributed by atoms with Crippen LogP contribution in [0.3, 0.4) is 0 Å². The summed E-state index contributed by atoms with van der Waals surface area (Å²) in [5.74, 6) is -0.250. The summed E-state index contributed by atoms with van der Waals surface area (Å²) in [7, 11) is 0. The molecule has 0 fully saturated rings. The first kappa shape index (κ1) is 24.5. The van der Waals surface area contributed by atoms with Crippen LogP contribution in [0.15, 0.2) is 121 Å². The summed E-state index contributed by atoms with van der Waals surface area (Å²) in [5.41, 5.74) is 3.16. The van der Waals surface area contributed by atoms with Crippen LogP contribution in [0, 0.1) is 0 Å². The van der Waals surface area contributed by atoms with Crippen LogP contribution in [0.4, 0.5) is 5.69 Å². The molecule has 0 spiro atoms. The SMILES string of the molecule is O=C(Nc1ccc(Cl)cc1-c1c([Se]c2ccccc2)cccc1[Se]c1ccccc1)c1ccccn1. The summed E-state index contributed by atoms with van der Waals surface area (Å²) in [6.45, 7) is 0. The molecule has 1 aromatic heterocycles. The Balaban J connectivity index is 1.63. The van der Waals surface area contributed by atoms with E-state index in [0.717, 1.165) is 16.8 Å². The molecule has 4 aromatic carbocycles. The number of carbonyl (C=O) groups excluding carboxylic acids is 1. The van der Waals surface area contributed by atoms with Crippen molar-refractivity contribution in [2.75, 3.05) is 5.32 Å². The average molecular weight is 619 g/mol. The summed E-state index contributed by atoms with van der Waals surface area (Å²) in [6, 6.07) is 38.5. The molecule has 0 aliphatic rings. The Morgan fingerprint density at radius 3 is 1.89 bits per heavy atom. The van der Waals surface area contributed by atoms with Crippen LogP contribution in [0.2, 0.25) is 5.02 Å². The van der Waals surface area contributed by atoms with E-state index >= 15 is 0 Å². The Hall–Kier alpha value is -3.17. The van der Waals surface area contributed by atoms with Gasteiger partial charge in [0.05, 0.1) is 0 Å². The first-order chi connectivity index (χ1) is 17.7. The minimum atomic E-state index is -0.250. The van der Waals surface area contributed by atoms with Gasteiger partial charge in [0.1, 0.15) is 0 Å². The van der Waals surface area contributed by atoms with E-state index in [1.807, 2.05) is 36.4 Å². The summed E-state index contributed by atoms with van der Waals surface area (Å²) in [5, 5.41) is 3.71. The molecule has 36 heavy (non-hydrogen) atoms. The second-order valence-electron chi connectivity index (χ2n) is 7.82. The molecule has 0 aliphatic carbocycles. The van der Waals surface area contributed by atoms with Gasteiger partial charge in [-0.1, -0.05) is 0 Å². The van der Waals surface area contributed by atoms with Crippen LogP contribution in [0.5, 0.6) is 0 Å². The van der Waals surface area contributed by atoms with Crippen LogP contribution in [-0.4, -0.2) is 40.8 Å². The van der Waals surface area contributed by atoms with E-state index in [2.05, 4.69) is 77.0 Å². The maximum atomic E-state index is 13.0. The van der Waals surface area contributed by atoms with Gasteiger partial charge in [-0.15, -0.1) is 0 Å². The molecule has 0 atom stereocenters. The molecule has 0 saturated carbocycles.